The minimum absolute atomic E-state index is 0.0137. The average Bonchev–Trinajstić information content (AvgIpc) is 2.64. The van der Waals surface area contributed by atoms with E-state index in [9.17, 15) is 18.0 Å². The van der Waals surface area contributed by atoms with Crippen LogP contribution in [-0.4, -0.2) is 12.1 Å². The first-order chi connectivity index (χ1) is 12.8. The molecule has 0 saturated heterocycles. The maximum atomic E-state index is 13.7. The highest BCUT2D eigenvalue weighted by molar-refractivity contribution is 9.10. The molecular weight excluding hydrogens is 423 g/mol. The lowest BCUT2D eigenvalue weighted by Crippen LogP contribution is -2.45. The van der Waals surface area contributed by atoms with Crippen molar-refractivity contribution in [2.24, 2.45) is 0 Å². The second kappa shape index (κ2) is 7.92. The van der Waals surface area contributed by atoms with Crippen LogP contribution in [0.5, 0.6) is 0 Å². The van der Waals surface area contributed by atoms with Gasteiger partial charge in [-0.25, -0.2) is 4.79 Å². The summed E-state index contributed by atoms with van der Waals surface area (Å²) in [5.74, 6) is 0. The van der Waals surface area contributed by atoms with E-state index in [-0.39, 0.29) is 18.3 Å². The van der Waals surface area contributed by atoms with Crippen molar-refractivity contribution in [1.82, 2.24) is 0 Å². The fourth-order valence-electron chi connectivity index (χ4n) is 3.40. The van der Waals surface area contributed by atoms with Gasteiger partial charge in [0.25, 0.3) is 0 Å². The quantitative estimate of drug-likeness (QED) is 0.556. The number of benzene rings is 2. The Bertz CT molecular complexity index is 824. The molecule has 27 heavy (non-hydrogen) atoms. The summed E-state index contributed by atoms with van der Waals surface area (Å²) in [6, 6.07) is 11.4. The van der Waals surface area contributed by atoms with Gasteiger partial charge in [-0.2, -0.15) is 13.2 Å². The van der Waals surface area contributed by atoms with Gasteiger partial charge in [-0.3, -0.25) is 4.90 Å². The number of alkyl halides is 3. The predicted octanol–water partition coefficient (Wildman–Crippen LogP) is 6.34. The Balaban J connectivity index is 1.97. The number of carbonyl (C=O) groups is 1. The average molecular weight is 442 g/mol. The number of hydrogen-bond acceptors (Lipinski definition) is 2. The number of rotatable bonds is 3. The van der Waals surface area contributed by atoms with Crippen LogP contribution >= 0.6 is 15.9 Å². The number of anilines is 1. The fourth-order valence-corrected chi connectivity index (χ4v) is 3.90. The summed E-state index contributed by atoms with van der Waals surface area (Å²) in [5.41, 5.74) is 0.379. The SMILES string of the molecule is CCC1CCc2cc(Br)cc(C(F)(F)F)c2N1C(=O)OCc1ccccc1. The van der Waals surface area contributed by atoms with Crippen molar-refractivity contribution in [3.8, 4) is 0 Å². The smallest absolute Gasteiger partial charge is 0.418 e. The van der Waals surface area contributed by atoms with Gasteiger partial charge in [0.05, 0.1) is 11.3 Å². The summed E-state index contributed by atoms with van der Waals surface area (Å²) in [5, 5.41) is 0. The van der Waals surface area contributed by atoms with Crippen LogP contribution < -0.4 is 4.90 Å². The van der Waals surface area contributed by atoms with Crippen molar-refractivity contribution in [1.29, 1.82) is 0 Å². The van der Waals surface area contributed by atoms with Gasteiger partial charge in [0.2, 0.25) is 0 Å². The van der Waals surface area contributed by atoms with Crippen LogP contribution in [0, 0.1) is 0 Å². The highest BCUT2D eigenvalue weighted by Crippen LogP contribution is 2.44. The maximum Gasteiger partial charge on any atom is 0.418 e. The topological polar surface area (TPSA) is 29.5 Å². The van der Waals surface area contributed by atoms with E-state index in [2.05, 4.69) is 15.9 Å². The first-order valence-corrected chi connectivity index (χ1v) is 9.50. The molecule has 0 aromatic heterocycles. The number of aryl methyl sites for hydroxylation is 1. The van der Waals surface area contributed by atoms with Crippen LogP contribution in [0.1, 0.15) is 36.5 Å². The predicted molar refractivity (Wildman–Crippen MR) is 101 cm³/mol. The molecular formula is C20H19BrF3NO2. The lowest BCUT2D eigenvalue weighted by atomic mass is 9.92. The van der Waals surface area contributed by atoms with Crippen molar-refractivity contribution in [3.63, 3.8) is 0 Å². The molecule has 1 unspecified atom stereocenters. The summed E-state index contributed by atoms with van der Waals surface area (Å²) in [7, 11) is 0. The molecule has 2 aromatic carbocycles. The summed E-state index contributed by atoms with van der Waals surface area (Å²) in [6.07, 6.45) is -3.69. The van der Waals surface area contributed by atoms with E-state index in [4.69, 9.17) is 4.74 Å². The zero-order valence-corrected chi connectivity index (χ0v) is 16.3. The van der Waals surface area contributed by atoms with Gasteiger partial charge in [0.15, 0.2) is 0 Å². The van der Waals surface area contributed by atoms with E-state index >= 15 is 0 Å². The third-order valence-corrected chi connectivity index (χ3v) is 5.14. The van der Waals surface area contributed by atoms with Gasteiger partial charge in [-0.1, -0.05) is 53.2 Å². The molecule has 0 bridgehead atoms. The van der Waals surface area contributed by atoms with Crippen molar-refractivity contribution >= 4 is 27.7 Å². The molecule has 1 atom stereocenters. The molecule has 1 amide bonds. The zero-order chi connectivity index (χ0) is 19.6. The lowest BCUT2D eigenvalue weighted by molar-refractivity contribution is -0.137. The van der Waals surface area contributed by atoms with E-state index in [0.717, 1.165) is 11.6 Å². The summed E-state index contributed by atoms with van der Waals surface area (Å²) in [6.45, 7) is 1.87. The number of nitrogens with zero attached hydrogens (tertiary/aromatic N) is 1. The summed E-state index contributed by atoms with van der Waals surface area (Å²) >= 11 is 3.15. The molecule has 3 rings (SSSR count). The van der Waals surface area contributed by atoms with E-state index in [1.54, 1.807) is 18.2 Å². The standard InChI is InChI=1S/C20H19BrF3NO2/c1-2-16-9-8-14-10-15(21)11-17(20(22,23)24)18(14)25(16)19(26)27-12-13-6-4-3-5-7-13/h3-7,10-11,16H,2,8-9,12H2,1H3. The van der Waals surface area contributed by atoms with Crippen LogP contribution in [0.4, 0.5) is 23.7 Å². The summed E-state index contributed by atoms with van der Waals surface area (Å²) < 4.78 is 46.7. The Morgan fingerprint density at radius 1 is 1.26 bits per heavy atom. The van der Waals surface area contributed by atoms with Gasteiger partial charge in [-0.15, -0.1) is 0 Å². The molecule has 2 aromatic rings. The molecule has 0 saturated carbocycles. The highest BCUT2D eigenvalue weighted by atomic mass is 79.9. The first kappa shape index (κ1) is 19.7. The van der Waals surface area contributed by atoms with E-state index < -0.39 is 17.8 Å². The van der Waals surface area contributed by atoms with Crippen LogP contribution in [0.2, 0.25) is 0 Å². The highest BCUT2D eigenvalue weighted by Gasteiger charge is 2.41. The maximum absolute atomic E-state index is 13.7. The van der Waals surface area contributed by atoms with Gasteiger partial charge in [-0.05, 0) is 42.5 Å². The molecule has 0 N–H and O–H groups in total. The van der Waals surface area contributed by atoms with Crippen LogP contribution in [0.15, 0.2) is 46.9 Å². The fraction of sp³-hybridized carbons (Fsp3) is 0.350. The first-order valence-electron chi connectivity index (χ1n) is 8.70. The minimum atomic E-state index is -4.57. The van der Waals surface area contributed by atoms with Crippen molar-refractivity contribution in [2.75, 3.05) is 4.90 Å². The van der Waals surface area contributed by atoms with Crippen LogP contribution in [0.3, 0.4) is 0 Å². The van der Waals surface area contributed by atoms with Gasteiger partial charge >= 0.3 is 12.3 Å². The Kier molecular flexibility index (Phi) is 5.79. The van der Waals surface area contributed by atoms with Gasteiger partial charge in [0, 0.05) is 10.5 Å². The molecule has 1 heterocycles. The third kappa shape index (κ3) is 4.29. The van der Waals surface area contributed by atoms with Crippen LogP contribution in [0.25, 0.3) is 0 Å². The van der Waals surface area contributed by atoms with E-state index in [0.29, 0.717) is 29.3 Å². The van der Waals surface area contributed by atoms with Gasteiger partial charge < -0.3 is 4.74 Å². The molecule has 0 radical (unpaired) electrons. The molecule has 1 aliphatic rings. The normalized spacial score (nSPS) is 16.8. The largest absolute Gasteiger partial charge is 0.444 e. The third-order valence-electron chi connectivity index (χ3n) is 4.69. The number of ether oxygens (including phenoxy) is 1. The molecule has 0 aliphatic carbocycles. The second-order valence-corrected chi connectivity index (χ2v) is 7.39. The molecule has 7 heteroatoms. The van der Waals surface area contributed by atoms with E-state index in [1.807, 2.05) is 25.1 Å². The number of fused-ring (bicyclic) bond motifs is 1. The van der Waals surface area contributed by atoms with Crippen molar-refractivity contribution in [2.45, 2.75) is 45.0 Å². The monoisotopic (exact) mass is 441 g/mol. The molecule has 0 fully saturated rings. The van der Waals surface area contributed by atoms with Gasteiger partial charge in [0.1, 0.15) is 6.61 Å². The van der Waals surface area contributed by atoms with Crippen molar-refractivity contribution in [3.05, 3.63) is 63.6 Å². The zero-order valence-electron chi connectivity index (χ0n) is 14.7. The minimum Gasteiger partial charge on any atom is -0.444 e. The lowest BCUT2D eigenvalue weighted by Gasteiger charge is -2.37. The number of amides is 1. The molecule has 144 valence electrons. The number of carbonyl (C=O) groups excluding carboxylic acids is 1. The summed E-state index contributed by atoms with van der Waals surface area (Å²) in [4.78, 5) is 14.0. The Morgan fingerprint density at radius 2 is 1.96 bits per heavy atom. The molecule has 1 aliphatic heterocycles. The number of hydrogen-bond donors (Lipinski definition) is 0. The Morgan fingerprint density at radius 3 is 2.59 bits per heavy atom. The molecule has 3 nitrogen and oxygen atoms in total. The number of halogens is 4. The second-order valence-electron chi connectivity index (χ2n) is 6.47. The van der Waals surface area contributed by atoms with Crippen molar-refractivity contribution < 1.29 is 22.7 Å². The Labute approximate surface area is 164 Å². The Hall–Kier alpha value is -2.02. The molecule has 0 spiro atoms. The van der Waals surface area contributed by atoms with E-state index in [1.165, 1.54) is 4.90 Å². The van der Waals surface area contributed by atoms with Crippen LogP contribution in [-0.2, 0) is 23.9 Å².